The lowest BCUT2D eigenvalue weighted by Gasteiger charge is -2.08. The van der Waals surface area contributed by atoms with Crippen molar-refractivity contribution in [2.75, 3.05) is 5.32 Å². The predicted molar refractivity (Wildman–Crippen MR) is 71.8 cm³/mol. The van der Waals surface area contributed by atoms with Crippen LogP contribution in [0.25, 0.3) is 0 Å². The van der Waals surface area contributed by atoms with E-state index in [4.69, 9.17) is 11.6 Å². The lowest BCUT2D eigenvalue weighted by Crippen LogP contribution is -2.01. The number of nitrogens with one attached hydrogen (secondary N) is 1. The monoisotopic (exact) mass is 280 g/mol. The molecule has 6 heteroatoms. The van der Waals surface area contributed by atoms with E-state index in [-0.39, 0.29) is 0 Å². The van der Waals surface area contributed by atoms with Crippen LogP contribution in [0.2, 0.25) is 5.02 Å². The number of halogens is 2. The van der Waals surface area contributed by atoms with E-state index >= 15 is 0 Å². The second-order valence-corrected chi connectivity index (χ2v) is 4.28. The Kier molecular flexibility index (Phi) is 3.97. The third-order valence-electron chi connectivity index (χ3n) is 2.58. The van der Waals surface area contributed by atoms with E-state index in [1.54, 1.807) is 6.07 Å². The van der Waals surface area contributed by atoms with Crippen LogP contribution in [0.4, 0.5) is 15.8 Å². The molecule has 0 heterocycles. The quantitative estimate of drug-likeness (QED) is 0.680. The molecule has 0 bridgehead atoms. The maximum Gasteiger partial charge on any atom is 0.306 e. The number of hydrogen-bond donors (Lipinski definition) is 1. The lowest BCUT2D eigenvalue weighted by molar-refractivity contribution is -0.387. The predicted octanol–water partition coefficient (Wildman–Crippen LogP) is 4.00. The molecule has 0 saturated heterocycles. The van der Waals surface area contributed by atoms with Gasteiger partial charge >= 0.3 is 5.69 Å². The van der Waals surface area contributed by atoms with Crippen molar-refractivity contribution in [3.8, 4) is 0 Å². The van der Waals surface area contributed by atoms with Crippen molar-refractivity contribution in [3.63, 3.8) is 0 Å². The number of anilines is 1. The van der Waals surface area contributed by atoms with Gasteiger partial charge in [0.15, 0.2) is 0 Å². The molecule has 0 fully saturated rings. The Hall–Kier alpha value is -2.14. The SMILES string of the molecule is O=[N+]([O-])c1cc(NCc2ccccc2Cl)ccc1F. The molecule has 2 aromatic carbocycles. The number of nitro benzene ring substituents is 1. The number of nitro groups is 1. The molecule has 0 spiro atoms. The minimum absolute atomic E-state index is 0.405. The highest BCUT2D eigenvalue weighted by Gasteiger charge is 2.14. The first-order valence-corrected chi connectivity index (χ1v) is 5.87. The zero-order valence-corrected chi connectivity index (χ0v) is 10.5. The van der Waals surface area contributed by atoms with Crippen molar-refractivity contribution in [1.82, 2.24) is 0 Å². The largest absolute Gasteiger partial charge is 0.381 e. The Balaban J connectivity index is 2.14. The van der Waals surface area contributed by atoms with Crippen LogP contribution in [0.5, 0.6) is 0 Å². The molecule has 0 saturated carbocycles. The van der Waals surface area contributed by atoms with Gasteiger partial charge in [-0.1, -0.05) is 29.8 Å². The molecule has 0 amide bonds. The van der Waals surface area contributed by atoms with Crippen LogP contribution >= 0.6 is 11.6 Å². The van der Waals surface area contributed by atoms with E-state index in [0.29, 0.717) is 17.3 Å². The second-order valence-electron chi connectivity index (χ2n) is 3.87. The Morgan fingerprint density at radius 2 is 2.00 bits per heavy atom. The molecule has 4 nitrogen and oxygen atoms in total. The number of rotatable bonds is 4. The summed E-state index contributed by atoms with van der Waals surface area (Å²) in [7, 11) is 0. The van der Waals surface area contributed by atoms with Crippen molar-refractivity contribution in [1.29, 1.82) is 0 Å². The van der Waals surface area contributed by atoms with E-state index in [1.165, 1.54) is 6.07 Å². The Bertz CT molecular complexity index is 619. The maximum absolute atomic E-state index is 13.2. The van der Waals surface area contributed by atoms with Crippen molar-refractivity contribution in [2.24, 2.45) is 0 Å². The summed E-state index contributed by atoms with van der Waals surface area (Å²) in [4.78, 5) is 9.87. The van der Waals surface area contributed by atoms with E-state index < -0.39 is 16.4 Å². The lowest BCUT2D eigenvalue weighted by atomic mass is 10.2. The highest BCUT2D eigenvalue weighted by Crippen LogP contribution is 2.23. The van der Waals surface area contributed by atoms with Crippen LogP contribution in [0.1, 0.15) is 5.56 Å². The highest BCUT2D eigenvalue weighted by atomic mass is 35.5. The van der Waals surface area contributed by atoms with Crippen molar-refractivity contribution >= 4 is 23.0 Å². The fraction of sp³-hybridized carbons (Fsp3) is 0.0769. The van der Waals surface area contributed by atoms with Gasteiger partial charge in [0.05, 0.1) is 4.92 Å². The third kappa shape index (κ3) is 3.20. The number of benzene rings is 2. The molecule has 98 valence electrons. The number of hydrogen-bond acceptors (Lipinski definition) is 3. The molecule has 0 aromatic heterocycles. The fourth-order valence-electron chi connectivity index (χ4n) is 1.60. The number of nitrogens with zero attached hydrogens (tertiary/aromatic N) is 1. The highest BCUT2D eigenvalue weighted by molar-refractivity contribution is 6.31. The molecule has 2 aromatic rings. The first-order valence-electron chi connectivity index (χ1n) is 5.49. The van der Waals surface area contributed by atoms with Crippen LogP contribution < -0.4 is 5.32 Å². The minimum atomic E-state index is -0.853. The molecule has 0 aliphatic rings. The average Bonchev–Trinajstić information content (AvgIpc) is 2.39. The topological polar surface area (TPSA) is 55.2 Å². The van der Waals surface area contributed by atoms with E-state index in [2.05, 4.69) is 5.32 Å². The van der Waals surface area contributed by atoms with Crippen LogP contribution in [0, 0.1) is 15.9 Å². The normalized spacial score (nSPS) is 10.2. The van der Waals surface area contributed by atoms with E-state index in [9.17, 15) is 14.5 Å². The van der Waals surface area contributed by atoms with Gasteiger partial charge in [0, 0.05) is 23.3 Å². The van der Waals surface area contributed by atoms with E-state index in [1.807, 2.05) is 18.2 Å². The zero-order valence-electron chi connectivity index (χ0n) is 9.77. The van der Waals surface area contributed by atoms with Crippen LogP contribution in [0.15, 0.2) is 42.5 Å². The molecule has 0 aliphatic heterocycles. The summed E-state index contributed by atoms with van der Waals surface area (Å²) in [5.74, 6) is -0.853. The molecule has 19 heavy (non-hydrogen) atoms. The zero-order chi connectivity index (χ0) is 13.8. The van der Waals surface area contributed by atoms with Crippen LogP contribution in [-0.2, 0) is 6.54 Å². The average molecular weight is 281 g/mol. The molecule has 1 N–H and O–H groups in total. The van der Waals surface area contributed by atoms with Gasteiger partial charge in [0.25, 0.3) is 0 Å². The summed E-state index contributed by atoms with van der Waals surface area (Å²) in [5, 5.41) is 14.2. The summed E-state index contributed by atoms with van der Waals surface area (Å²) >= 11 is 5.99. The van der Waals surface area contributed by atoms with Gasteiger partial charge < -0.3 is 5.32 Å². The van der Waals surface area contributed by atoms with Gasteiger partial charge in [-0.2, -0.15) is 4.39 Å². The van der Waals surface area contributed by atoms with Crippen molar-refractivity contribution in [3.05, 3.63) is 69.0 Å². The smallest absolute Gasteiger partial charge is 0.306 e. The minimum Gasteiger partial charge on any atom is -0.381 e. The Labute approximate surface area is 114 Å². The Morgan fingerprint density at radius 1 is 1.26 bits per heavy atom. The Morgan fingerprint density at radius 3 is 2.68 bits per heavy atom. The molecule has 0 radical (unpaired) electrons. The first kappa shape index (κ1) is 13.3. The van der Waals surface area contributed by atoms with Gasteiger partial charge in [0.1, 0.15) is 0 Å². The second kappa shape index (κ2) is 5.67. The van der Waals surface area contributed by atoms with E-state index in [0.717, 1.165) is 17.7 Å². The fourth-order valence-corrected chi connectivity index (χ4v) is 1.80. The van der Waals surface area contributed by atoms with Crippen molar-refractivity contribution in [2.45, 2.75) is 6.54 Å². The van der Waals surface area contributed by atoms with Crippen LogP contribution in [0.3, 0.4) is 0 Å². The summed E-state index contributed by atoms with van der Waals surface area (Å²) in [6.45, 7) is 0.405. The maximum atomic E-state index is 13.2. The molecule has 0 unspecified atom stereocenters. The summed E-state index contributed by atoms with van der Waals surface area (Å²) < 4.78 is 13.2. The summed E-state index contributed by atoms with van der Waals surface area (Å²) in [6.07, 6.45) is 0. The van der Waals surface area contributed by atoms with Gasteiger partial charge in [-0.25, -0.2) is 0 Å². The molecular formula is C13H10ClFN2O2. The first-order chi connectivity index (χ1) is 9.08. The summed E-state index contributed by atoms with van der Waals surface area (Å²) in [5.41, 5.74) is 0.772. The summed E-state index contributed by atoms with van der Waals surface area (Å²) in [6, 6.07) is 10.9. The molecule has 0 aliphatic carbocycles. The van der Waals surface area contributed by atoms with Gasteiger partial charge in [-0.15, -0.1) is 0 Å². The molecular weight excluding hydrogens is 271 g/mol. The molecule has 2 rings (SSSR count). The van der Waals surface area contributed by atoms with Gasteiger partial charge in [-0.05, 0) is 23.8 Å². The van der Waals surface area contributed by atoms with Gasteiger partial charge in [-0.3, -0.25) is 10.1 Å². The van der Waals surface area contributed by atoms with Crippen molar-refractivity contribution < 1.29 is 9.31 Å². The standard InChI is InChI=1S/C13H10ClFN2O2/c14-11-4-2-1-3-9(11)8-16-10-5-6-12(15)13(7-10)17(18)19/h1-7,16H,8H2. The van der Waals surface area contributed by atoms with Gasteiger partial charge in [0.2, 0.25) is 5.82 Å². The third-order valence-corrected chi connectivity index (χ3v) is 2.95. The molecule has 0 atom stereocenters. The van der Waals surface area contributed by atoms with Crippen LogP contribution in [-0.4, -0.2) is 4.92 Å².